The Kier molecular flexibility index (Phi) is 6.13. The summed E-state index contributed by atoms with van der Waals surface area (Å²) in [5.41, 5.74) is 1.29. The van der Waals surface area contributed by atoms with E-state index in [4.69, 9.17) is 0 Å². The lowest BCUT2D eigenvalue weighted by Gasteiger charge is -2.25. The highest BCUT2D eigenvalue weighted by atomic mass is 15.2. The molecule has 3 heteroatoms. The van der Waals surface area contributed by atoms with Gasteiger partial charge >= 0.3 is 0 Å². The summed E-state index contributed by atoms with van der Waals surface area (Å²) >= 11 is 0. The lowest BCUT2D eigenvalue weighted by Crippen LogP contribution is -2.27. The van der Waals surface area contributed by atoms with Gasteiger partial charge in [0.1, 0.15) is 5.82 Å². The SMILES string of the molecule is CCCNC(C)c1cccnc1N(C)CC(C)C. The van der Waals surface area contributed by atoms with Gasteiger partial charge in [0.25, 0.3) is 0 Å². The van der Waals surface area contributed by atoms with Gasteiger partial charge in [0.2, 0.25) is 0 Å². The van der Waals surface area contributed by atoms with Gasteiger partial charge in [-0.15, -0.1) is 0 Å². The first kappa shape index (κ1) is 15.0. The van der Waals surface area contributed by atoms with E-state index in [1.165, 1.54) is 5.56 Å². The molecule has 0 aliphatic heterocycles. The Bertz CT molecular complexity index is 349. The molecule has 1 unspecified atom stereocenters. The molecule has 0 aliphatic carbocycles. The molecule has 1 aromatic rings. The molecule has 0 fully saturated rings. The Morgan fingerprint density at radius 1 is 1.33 bits per heavy atom. The van der Waals surface area contributed by atoms with E-state index in [0.29, 0.717) is 12.0 Å². The van der Waals surface area contributed by atoms with Gasteiger partial charge in [-0.3, -0.25) is 0 Å². The normalized spacial score (nSPS) is 12.8. The van der Waals surface area contributed by atoms with Crippen LogP contribution in [0.2, 0.25) is 0 Å². The monoisotopic (exact) mass is 249 g/mol. The predicted octanol–water partition coefficient (Wildman–Crippen LogP) is 3.23. The van der Waals surface area contributed by atoms with E-state index in [1.54, 1.807) is 0 Å². The molecular formula is C15H27N3. The minimum Gasteiger partial charge on any atom is -0.359 e. The minimum atomic E-state index is 0.350. The topological polar surface area (TPSA) is 28.2 Å². The zero-order valence-corrected chi connectivity index (χ0v) is 12.4. The molecule has 18 heavy (non-hydrogen) atoms. The molecule has 0 aromatic carbocycles. The molecule has 0 saturated heterocycles. The first-order chi connectivity index (χ1) is 8.56. The van der Waals surface area contributed by atoms with Crippen LogP contribution in [0.25, 0.3) is 0 Å². The van der Waals surface area contributed by atoms with Crippen molar-refractivity contribution in [2.45, 2.75) is 40.2 Å². The second kappa shape index (κ2) is 7.37. The number of aromatic nitrogens is 1. The van der Waals surface area contributed by atoms with E-state index in [-0.39, 0.29) is 0 Å². The van der Waals surface area contributed by atoms with Crippen molar-refractivity contribution in [1.82, 2.24) is 10.3 Å². The van der Waals surface area contributed by atoms with Crippen molar-refractivity contribution in [1.29, 1.82) is 0 Å². The van der Waals surface area contributed by atoms with E-state index >= 15 is 0 Å². The summed E-state index contributed by atoms with van der Waals surface area (Å²) in [6, 6.07) is 4.54. The number of hydrogen-bond donors (Lipinski definition) is 1. The lowest BCUT2D eigenvalue weighted by molar-refractivity contribution is 0.564. The van der Waals surface area contributed by atoms with Crippen molar-refractivity contribution in [3.63, 3.8) is 0 Å². The molecule has 0 spiro atoms. The van der Waals surface area contributed by atoms with E-state index in [1.807, 2.05) is 12.3 Å². The molecule has 0 radical (unpaired) electrons. The van der Waals surface area contributed by atoms with Gasteiger partial charge in [-0.25, -0.2) is 4.98 Å². The fourth-order valence-corrected chi connectivity index (χ4v) is 2.17. The maximum absolute atomic E-state index is 4.55. The Morgan fingerprint density at radius 2 is 2.06 bits per heavy atom. The summed E-state index contributed by atoms with van der Waals surface area (Å²) in [7, 11) is 2.12. The average Bonchev–Trinajstić information content (AvgIpc) is 2.35. The predicted molar refractivity (Wildman–Crippen MR) is 79.1 cm³/mol. The molecule has 102 valence electrons. The van der Waals surface area contributed by atoms with Crippen LogP contribution in [0.5, 0.6) is 0 Å². The Balaban J connectivity index is 2.84. The highest BCUT2D eigenvalue weighted by Crippen LogP contribution is 2.23. The maximum Gasteiger partial charge on any atom is 0.133 e. The van der Waals surface area contributed by atoms with Crippen LogP contribution >= 0.6 is 0 Å². The second-order valence-corrected chi connectivity index (χ2v) is 5.37. The molecule has 0 bridgehead atoms. The summed E-state index contributed by atoms with van der Waals surface area (Å²) in [6.45, 7) is 10.9. The van der Waals surface area contributed by atoms with Crippen LogP contribution in [0, 0.1) is 5.92 Å². The van der Waals surface area contributed by atoms with Gasteiger partial charge in [0, 0.05) is 31.4 Å². The fraction of sp³-hybridized carbons (Fsp3) is 0.667. The number of nitrogens with one attached hydrogen (secondary N) is 1. The van der Waals surface area contributed by atoms with Crippen LogP contribution in [0.15, 0.2) is 18.3 Å². The van der Waals surface area contributed by atoms with Gasteiger partial charge in [-0.2, -0.15) is 0 Å². The number of hydrogen-bond acceptors (Lipinski definition) is 3. The molecule has 0 amide bonds. The molecule has 1 aromatic heterocycles. The van der Waals surface area contributed by atoms with Gasteiger partial charge < -0.3 is 10.2 Å². The summed E-state index contributed by atoms with van der Waals surface area (Å²) < 4.78 is 0. The minimum absolute atomic E-state index is 0.350. The quantitative estimate of drug-likeness (QED) is 0.804. The molecule has 0 aliphatic rings. The van der Waals surface area contributed by atoms with Crippen molar-refractivity contribution >= 4 is 5.82 Å². The van der Waals surface area contributed by atoms with E-state index in [9.17, 15) is 0 Å². The highest BCUT2D eigenvalue weighted by molar-refractivity contribution is 5.47. The first-order valence-electron chi connectivity index (χ1n) is 6.95. The molecule has 3 nitrogen and oxygen atoms in total. The summed E-state index contributed by atoms with van der Waals surface area (Å²) in [4.78, 5) is 6.80. The van der Waals surface area contributed by atoms with Crippen molar-refractivity contribution in [2.24, 2.45) is 5.92 Å². The Morgan fingerprint density at radius 3 is 2.67 bits per heavy atom. The van der Waals surface area contributed by atoms with Crippen molar-refractivity contribution in [2.75, 3.05) is 25.0 Å². The van der Waals surface area contributed by atoms with E-state index in [0.717, 1.165) is 25.3 Å². The van der Waals surface area contributed by atoms with Crippen LogP contribution in [0.4, 0.5) is 5.82 Å². The maximum atomic E-state index is 4.55. The zero-order valence-electron chi connectivity index (χ0n) is 12.4. The molecule has 1 heterocycles. The standard InChI is InChI=1S/C15H27N3/c1-6-9-16-13(4)14-8-7-10-17-15(14)18(5)11-12(2)3/h7-8,10,12-13,16H,6,9,11H2,1-5H3. The third-order valence-electron chi connectivity index (χ3n) is 2.98. The van der Waals surface area contributed by atoms with Gasteiger partial charge in [0.05, 0.1) is 0 Å². The highest BCUT2D eigenvalue weighted by Gasteiger charge is 2.14. The average molecular weight is 249 g/mol. The smallest absolute Gasteiger partial charge is 0.133 e. The van der Waals surface area contributed by atoms with E-state index in [2.05, 4.69) is 56.0 Å². The van der Waals surface area contributed by atoms with Crippen LogP contribution in [0.3, 0.4) is 0 Å². The Labute approximate surface area is 112 Å². The number of nitrogens with zero attached hydrogens (tertiary/aromatic N) is 2. The van der Waals surface area contributed by atoms with Crippen LogP contribution < -0.4 is 10.2 Å². The lowest BCUT2D eigenvalue weighted by atomic mass is 10.1. The summed E-state index contributed by atoms with van der Waals surface area (Å²) in [5.74, 6) is 1.74. The zero-order chi connectivity index (χ0) is 13.5. The third-order valence-corrected chi connectivity index (χ3v) is 2.98. The molecule has 1 rings (SSSR count). The molecule has 1 atom stereocenters. The van der Waals surface area contributed by atoms with Crippen LogP contribution in [-0.4, -0.2) is 25.1 Å². The van der Waals surface area contributed by atoms with Gasteiger partial charge in [-0.05, 0) is 31.9 Å². The van der Waals surface area contributed by atoms with E-state index < -0.39 is 0 Å². The summed E-state index contributed by atoms with van der Waals surface area (Å²) in [6.07, 6.45) is 3.03. The largest absolute Gasteiger partial charge is 0.359 e. The summed E-state index contributed by atoms with van der Waals surface area (Å²) in [5, 5.41) is 3.53. The molecule has 1 N–H and O–H groups in total. The number of rotatable bonds is 7. The van der Waals surface area contributed by atoms with Crippen molar-refractivity contribution < 1.29 is 0 Å². The molecule has 0 saturated carbocycles. The Hall–Kier alpha value is -1.09. The second-order valence-electron chi connectivity index (χ2n) is 5.37. The number of anilines is 1. The number of pyridine rings is 1. The van der Waals surface area contributed by atoms with Crippen LogP contribution in [-0.2, 0) is 0 Å². The van der Waals surface area contributed by atoms with Crippen LogP contribution in [0.1, 0.15) is 45.7 Å². The fourth-order valence-electron chi connectivity index (χ4n) is 2.17. The van der Waals surface area contributed by atoms with Gasteiger partial charge in [-0.1, -0.05) is 26.8 Å². The third kappa shape index (κ3) is 4.30. The van der Waals surface area contributed by atoms with Gasteiger partial charge in [0.15, 0.2) is 0 Å². The molecular weight excluding hydrogens is 222 g/mol. The van der Waals surface area contributed by atoms with Crippen molar-refractivity contribution in [3.05, 3.63) is 23.9 Å². The first-order valence-corrected chi connectivity index (χ1v) is 6.95. The van der Waals surface area contributed by atoms with Crippen molar-refractivity contribution in [3.8, 4) is 0 Å².